The zero-order valence-electron chi connectivity index (χ0n) is 24.2. The molecule has 1 atom stereocenters. The fourth-order valence-electron chi connectivity index (χ4n) is 6.29. The molecular formula is C30H31F8NO5S. The molecule has 0 bridgehead atoms. The number of sulfone groups is 1. The highest BCUT2D eigenvalue weighted by atomic mass is 32.2. The van der Waals surface area contributed by atoms with Gasteiger partial charge in [-0.25, -0.2) is 17.2 Å². The number of alkyl halides is 8. The summed E-state index contributed by atoms with van der Waals surface area (Å²) in [6.07, 6.45) is -11.7. The predicted octanol–water partition coefficient (Wildman–Crippen LogP) is 7.12. The third-order valence-corrected chi connectivity index (χ3v) is 11.5. The number of carbonyl (C=O) groups is 2. The topological polar surface area (TPSA) is 91.8 Å². The average Bonchev–Trinajstić information content (AvgIpc) is 3.42. The fourth-order valence-corrected chi connectivity index (χ4v) is 8.42. The summed E-state index contributed by atoms with van der Waals surface area (Å²) in [7, 11) is -4.72. The molecule has 0 aromatic heterocycles. The Bertz CT molecular complexity index is 1540. The Morgan fingerprint density at radius 3 is 1.84 bits per heavy atom. The number of rotatable bonds is 7. The van der Waals surface area contributed by atoms with Crippen molar-refractivity contribution < 1.29 is 58.2 Å². The number of hydrogen-bond acceptors (Lipinski definition) is 4. The molecule has 0 spiro atoms. The molecule has 2 aromatic rings. The Morgan fingerprint density at radius 1 is 0.800 bits per heavy atom. The maximum Gasteiger partial charge on any atom is 0.435 e. The van der Waals surface area contributed by atoms with E-state index >= 15 is 0 Å². The molecule has 15 heteroatoms. The lowest BCUT2D eigenvalue weighted by atomic mass is 9.73. The first-order valence-corrected chi connectivity index (χ1v) is 15.5. The molecule has 2 aromatic carbocycles. The molecule has 1 heterocycles. The van der Waals surface area contributed by atoms with Gasteiger partial charge in [0, 0.05) is 18.7 Å². The van der Waals surface area contributed by atoms with Crippen molar-refractivity contribution in [2.45, 2.75) is 85.7 Å². The second-order valence-corrected chi connectivity index (χ2v) is 14.4. The van der Waals surface area contributed by atoms with E-state index in [-0.39, 0.29) is 42.6 Å². The molecule has 1 amide bonds. The van der Waals surface area contributed by atoms with E-state index in [1.54, 1.807) is 0 Å². The summed E-state index contributed by atoms with van der Waals surface area (Å²) >= 11 is 0. The number of carboxylic acid groups (broad SMARTS) is 1. The van der Waals surface area contributed by atoms with Crippen LogP contribution in [-0.2, 0) is 35.5 Å². The van der Waals surface area contributed by atoms with Crippen LogP contribution in [0.4, 0.5) is 35.1 Å². The summed E-state index contributed by atoms with van der Waals surface area (Å²) in [5, 5.41) is 10.0. The smallest absolute Gasteiger partial charge is 0.435 e. The molecule has 6 nitrogen and oxygen atoms in total. The van der Waals surface area contributed by atoms with E-state index < -0.39 is 79.0 Å². The van der Waals surface area contributed by atoms with Crippen molar-refractivity contribution in [2.75, 3.05) is 13.1 Å². The van der Waals surface area contributed by atoms with Gasteiger partial charge < -0.3 is 10.0 Å². The summed E-state index contributed by atoms with van der Waals surface area (Å²) in [5.74, 6) is -2.26. The van der Waals surface area contributed by atoms with Crippen molar-refractivity contribution in [2.24, 2.45) is 5.41 Å². The number of amides is 1. The Balaban J connectivity index is 1.88. The van der Waals surface area contributed by atoms with E-state index in [4.69, 9.17) is 0 Å². The van der Waals surface area contributed by atoms with Gasteiger partial charge in [0.05, 0.1) is 4.90 Å². The van der Waals surface area contributed by atoms with E-state index in [2.05, 4.69) is 0 Å². The second kappa shape index (κ2) is 11.2. The van der Waals surface area contributed by atoms with Crippen LogP contribution in [0.15, 0.2) is 53.4 Å². The number of aliphatic carboxylic acids is 1. The van der Waals surface area contributed by atoms with Crippen molar-refractivity contribution in [1.29, 1.82) is 0 Å². The summed E-state index contributed by atoms with van der Waals surface area (Å²) in [4.78, 5) is 26.7. The highest BCUT2D eigenvalue weighted by Gasteiger charge is 2.73. The van der Waals surface area contributed by atoms with Crippen LogP contribution in [0.3, 0.4) is 0 Å². The number of hydrogen-bond donors (Lipinski definition) is 1. The summed E-state index contributed by atoms with van der Waals surface area (Å²) in [5.41, 5.74) is -11.9. The van der Waals surface area contributed by atoms with Gasteiger partial charge in [0.2, 0.25) is 5.91 Å². The average molecular weight is 670 g/mol. The van der Waals surface area contributed by atoms with Crippen LogP contribution in [0.1, 0.15) is 69.1 Å². The van der Waals surface area contributed by atoms with E-state index in [1.165, 1.54) is 26.0 Å². The Morgan fingerprint density at radius 2 is 1.36 bits per heavy atom. The summed E-state index contributed by atoms with van der Waals surface area (Å²) in [6.45, 7) is 1.32. The fraction of sp³-hybridized carbons (Fsp3) is 0.533. The highest BCUT2D eigenvalue weighted by Crippen LogP contribution is 2.54. The van der Waals surface area contributed by atoms with Crippen molar-refractivity contribution in [1.82, 2.24) is 4.90 Å². The Labute approximate surface area is 254 Å². The third-order valence-electron chi connectivity index (χ3n) is 8.98. The Kier molecular flexibility index (Phi) is 8.65. The van der Waals surface area contributed by atoms with Crippen molar-refractivity contribution >= 4 is 21.7 Å². The SMILES string of the molecule is CC(C)(F)c1cccc(S(=O)(=O)C2(c3ccc(C(F)(C(F)(F)F)C(F)(F)F)cc3)CCN(C(=O)C3(C(=O)O)CCCCC3)C2)c1. The maximum atomic E-state index is 14.8. The van der Waals surface area contributed by atoms with E-state index in [0.717, 1.165) is 17.0 Å². The van der Waals surface area contributed by atoms with E-state index in [0.29, 0.717) is 31.4 Å². The number of carbonyl (C=O) groups excluding carboxylic acids is 1. The first-order valence-electron chi connectivity index (χ1n) is 14.0. The monoisotopic (exact) mass is 669 g/mol. The van der Waals surface area contributed by atoms with Gasteiger partial charge in [0.15, 0.2) is 9.84 Å². The number of likely N-dealkylation sites (tertiary alicyclic amines) is 1. The van der Waals surface area contributed by atoms with Gasteiger partial charge in [-0.05, 0) is 56.4 Å². The minimum absolute atomic E-state index is 0.00674. The van der Waals surface area contributed by atoms with Gasteiger partial charge in [-0.15, -0.1) is 0 Å². The molecular weight excluding hydrogens is 638 g/mol. The Hall–Kier alpha value is -3.23. The van der Waals surface area contributed by atoms with Crippen LogP contribution in [0.25, 0.3) is 0 Å². The molecule has 248 valence electrons. The van der Waals surface area contributed by atoms with E-state index in [9.17, 15) is 58.2 Å². The molecule has 1 N–H and O–H groups in total. The predicted molar refractivity (Wildman–Crippen MR) is 145 cm³/mol. The van der Waals surface area contributed by atoms with Crippen LogP contribution < -0.4 is 0 Å². The molecule has 45 heavy (non-hydrogen) atoms. The van der Waals surface area contributed by atoms with Gasteiger partial charge in [0.1, 0.15) is 15.8 Å². The van der Waals surface area contributed by atoms with Gasteiger partial charge in [-0.2, -0.15) is 26.3 Å². The molecule has 1 saturated carbocycles. The largest absolute Gasteiger partial charge is 0.480 e. The summed E-state index contributed by atoms with van der Waals surface area (Å²) < 4.78 is 137. The maximum absolute atomic E-state index is 14.8. The van der Waals surface area contributed by atoms with Gasteiger partial charge in [-0.1, -0.05) is 55.7 Å². The number of nitrogens with zero attached hydrogens (tertiary/aromatic N) is 1. The van der Waals surface area contributed by atoms with Crippen LogP contribution in [0.5, 0.6) is 0 Å². The lowest BCUT2D eigenvalue weighted by Gasteiger charge is -2.36. The van der Waals surface area contributed by atoms with Crippen molar-refractivity contribution in [3.05, 3.63) is 65.2 Å². The van der Waals surface area contributed by atoms with Crippen molar-refractivity contribution in [3.8, 4) is 0 Å². The third kappa shape index (κ3) is 5.58. The molecule has 1 aliphatic carbocycles. The number of carboxylic acids is 1. The van der Waals surface area contributed by atoms with Crippen LogP contribution in [-0.4, -0.2) is 55.7 Å². The minimum atomic E-state index is -6.40. The summed E-state index contributed by atoms with van der Waals surface area (Å²) in [6, 6.07) is 6.38. The highest BCUT2D eigenvalue weighted by molar-refractivity contribution is 7.92. The van der Waals surface area contributed by atoms with E-state index in [1.807, 2.05) is 0 Å². The van der Waals surface area contributed by atoms with Crippen LogP contribution in [0.2, 0.25) is 0 Å². The van der Waals surface area contributed by atoms with Gasteiger partial charge >= 0.3 is 24.0 Å². The quantitative estimate of drug-likeness (QED) is 0.251. The molecule has 1 unspecified atom stereocenters. The zero-order valence-corrected chi connectivity index (χ0v) is 25.1. The molecule has 0 radical (unpaired) electrons. The molecule has 1 aliphatic heterocycles. The number of halogens is 8. The van der Waals surface area contributed by atoms with Crippen molar-refractivity contribution in [3.63, 3.8) is 0 Å². The molecule has 1 saturated heterocycles. The van der Waals surface area contributed by atoms with Crippen LogP contribution in [0, 0.1) is 5.41 Å². The first kappa shape index (κ1) is 34.6. The minimum Gasteiger partial charge on any atom is -0.480 e. The first-order chi connectivity index (χ1) is 20.5. The lowest BCUT2D eigenvalue weighted by Crippen LogP contribution is -2.51. The molecule has 2 fully saturated rings. The van der Waals surface area contributed by atoms with Gasteiger partial charge in [-0.3, -0.25) is 9.59 Å². The molecule has 2 aliphatic rings. The normalized spacial score (nSPS) is 21.5. The number of benzene rings is 2. The van der Waals surface area contributed by atoms with Crippen LogP contribution >= 0.6 is 0 Å². The van der Waals surface area contributed by atoms with Gasteiger partial charge in [0.25, 0.3) is 0 Å². The lowest BCUT2D eigenvalue weighted by molar-refractivity contribution is -0.348. The zero-order chi connectivity index (χ0) is 33.9. The standard InChI is InChI=1S/C30H31F8NO5S/c1-25(2,31)21-7-6-8-22(17-21)45(43,44)27(15-16-39(18-27)23(40)26(24(41)42)13-4-3-5-14-26)19-9-11-20(12-10-19)28(32,29(33,34)35)30(36,37)38/h6-12,17H,3-5,13-16,18H2,1-2H3,(H,41,42). The second-order valence-electron chi connectivity index (χ2n) is 12.2. The molecule has 4 rings (SSSR count).